The molecule has 13 heavy (non-hydrogen) atoms. The molecule has 1 aromatic rings. The molecule has 4 nitrogen and oxygen atoms in total. The highest BCUT2D eigenvalue weighted by Gasteiger charge is 1.98. The van der Waals surface area contributed by atoms with Gasteiger partial charge in [-0.05, 0) is 18.6 Å². The number of nitrogens with two attached hydrogens (primary N) is 2. The van der Waals surface area contributed by atoms with Gasteiger partial charge in [-0.15, -0.1) is 0 Å². The van der Waals surface area contributed by atoms with Crippen LogP contribution in [-0.4, -0.2) is 12.2 Å². The number of aldehydes is 1. The Morgan fingerprint density at radius 1 is 1.46 bits per heavy atom. The molecule has 0 saturated heterocycles. The molecule has 0 atom stereocenters. The molecule has 0 aromatic heterocycles. The number of rotatable bonds is 2. The topological polar surface area (TPSA) is 81.5 Å². The SMILES string of the molecule is Cc1ccc(C=O)cc1N=C(N)N. The Kier molecular flexibility index (Phi) is 2.64. The number of carbonyl (C=O) groups excluding carboxylic acids is 1. The second-order valence-corrected chi connectivity index (χ2v) is 2.70. The van der Waals surface area contributed by atoms with E-state index < -0.39 is 0 Å². The summed E-state index contributed by atoms with van der Waals surface area (Å²) in [7, 11) is 0. The number of carbonyl (C=O) groups is 1. The molecule has 0 amide bonds. The van der Waals surface area contributed by atoms with Crippen molar-refractivity contribution in [3.8, 4) is 0 Å². The summed E-state index contributed by atoms with van der Waals surface area (Å²) in [5.74, 6) is -0.00820. The lowest BCUT2D eigenvalue weighted by atomic mass is 10.1. The van der Waals surface area contributed by atoms with Gasteiger partial charge in [0, 0.05) is 5.56 Å². The van der Waals surface area contributed by atoms with Gasteiger partial charge < -0.3 is 11.5 Å². The lowest BCUT2D eigenvalue weighted by molar-refractivity contribution is 0.112. The van der Waals surface area contributed by atoms with Crippen molar-refractivity contribution in [2.75, 3.05) is 0 Å². The average Bonchev–Trinajstić information content (AvgIpc) is 2.08. The standard InChI is InChI=1S/C9H11N3O/c1-6-2-3-7(5-13)4-8(6)12-9(10)11/h2-5H,1H3,(H4,10,11,12). The molecule has 0 aliphatic heterocycles. The second kappa shape index (κ2) is 3.71. The molecular weight excluding hydrogens is 166 g/mol. The second-order valence-electron chi connectivity index (χ2n) is 2.70. The summed E-state index contributed by atoms with van der Waals surface area (Å²) in [6.07, 6.45) is 0.755. The molecule has 68 valence electrons. The number of guanidine groups is 1. The van der Waals surface area contributed by atoms with Crippen molar-refractivity contribution in [2.45, 2.75) is 6.92 Å². The Morgan fingerprint density at radius 3 is 2.69 bits per heavy atom. The van der Waals surface area contributed by atoms with E-state index in [4.69, 9.17) is 11.5 Å². The van der Waals surface area contributed by atoms with Crippen molar-refractivity contribution >= 4 is 17.9 Å². The number of hydrogen-bond acceptors (Lipinski definition) is 2. The Balaban J connectivity index is 3.18. The lowest BCUT2D eigenvalue weighted by Gasteiger charge is -2.00. The van der Waals surface area contributed by atoms with Crippen LogP contribution < -0.4 is 11.5 Å². The molecule has 0 spiro atoms. The first-order valence-electron chi connectivity index (χ1n) is 3.79. The van der Waals surface area contributed by atoms with Crippen LogP contribution in [-0.2, 0) is 0 Å². The van der Waals surface area contributed by atoms with E-state index in [-0.39, 0.29) is 5.96 Å². The summed E-state index contributed by atoms with van der Waals surface area (Å²) in [6.45, 7) is 1.87. The molecule has 0 saturated carbocycles. The number of hydrogen-bond donors (Lipinski definition) is 2. The smallest absolute Gasteiger partial charge is 0.191 e. The molecule has 0 aliphatic rings. The highest BCUT2D eigenvalue weighted by atomic mass is 16.1. The van der Waals surface area contributed by atoms with E-state index in [2.05, 4.69) is 4.99 Å². The van der Waals surface area contributed by atoms with Crippen LogP contribution in [0.1, 0.15) is 15.9 Å². The van der Waals surface area contributed by atoms with Crippen LogP contribution in [0.4, 0.5) is 5.69 Å². The van der Waals surface area contributed by atoms with Crippen LogP contribution in [0.25, 0.3) is 0 Å². The molecule has 0 fully saturated rings. The Bertz CT molecular complexity index is 354. The van der Waals surface area contributed by atoms with Crippen LogP contribution in [0, 0.1) is 6.92 Å². The molecule has 0 unspecified atom stereocenters. The maximum Gasteiger partial charge on any atom is 0.191 e. The van der Waals surface area contributed by atoms with Gasteiger partial charge in [0.15, 0.2) is 5.96 Å². The lowest BCUT2D eigenvalue weighted by Crippen LogP contribution is -2.22. The van der Waals surface area contributed by atoms with E-state index in [0.29, 0.717) is 11.3 Å². The van der Waals surface area contributed by atoms with E-state index in [9.17, 15) is 4.79 Å². The summed E-state index contributed by atoms with van der Waals surface area (Å²) in [4.78, 5) is 14.3. The van der Waals surface area contributed by atoms with Gasteiger partial charge in [-0.3, -0.25) is 4.79 Å². The Morgan fingerprint density at radius 2 is 2.15 bits per heavy atom. The molecule has 0 aliphatic carbocycles. The summed E-state index contributed by atoms with van der Waals surface area (Å²) in [6, 6.07) is 5.15. The van der Waals surface area contributed by atoms with Gasteiger partial charge >= 0.3 is 0 Å². The predicted molar refractivity (Wildman–Crippen MR) is 52.0 cm³/mol. The minimum Gasteiger partial charge on any atom is -0.370 e. The maximum atomic E-state index is 10.4. The Hall–Kier alpha value is -1.84. The van der Waals surface area contributed by atoms with Crippen LogP contribution in [0.15, 0.2) is 23.2 Å². The van der Waals surface area contributed by atoms with Gasteiger partial charge in [-0.1, -0.05) is 12.1 Å². The van der Waals surface area contributed by atoms with Crippen molar-refractivity contribution in [1.82, 2.24) is 0 Å². The van der Waals surface area contributed by atoms with E-state index in [1.54, 1.807) is 18.2 Å². The minimum atomic E-state index is -0.00820. The van der Waals surface area contributed by atoms with Gasteiger partial charge in [0.2, 0.25) is 0 Å². The largest absolute Gasteiger partial charge is 0.370 e. The van der Waals surface area contributed by atoms with Crippen LogP contribution >= 0.6 is 0 Å². The first kappa shape index (κ1) is 9.25. The van der Waals surface area contributed by atoms with Crippen LogP contribution in [0.5, 0.6) is 0 Å². The number of aryl methyl sites for hydroxylation is 1. The van der Waals surface area contributed by atoms with Gasteiger partial charge in [0.1, 0.15) is 6.29 Å². The molecule has 4 heteroatoms. The monoisotopic (exact) mass is 177 g/mol. The fraction of sp³-hybridized carbons (Fsp3) is 0.111. The number of benzene rings is 1. The first-order chi connectivity index (χ1) is 6.13. The third-order valence-electron chi connectivity index (χ3n) is 1.62. The number of nitrogens with zero attached hydrogens (tertiary/aromatic N) is 1. The van der Waals surface area contributed by atoms with E-state index >= 15 is 0 Å². The van der Waals surface area contributed by atoms with Gasteiger partial charge in [0.25, 0.3) is 0 Å². The van der Waals surface area contributed by atoms with Crippen LogP contribution in [0.3, 0.4) is 0 Å². The van der Waals surface area contributed by atoms with Crippen molar-refractivity contribution < 1.29 is 4.79 Å². The quantitative estimate of drug-likeness (QED) is 0.396. The van der Waals surface area contributed by atoms with Crippen molar-refractivity contribution in [3.63, 3.8) is 0 Å². The van der Waals surface area contributed by atoms with E-state index in [1.807, 2.05) is 6.92 Å². The Labute approximate surface area is 76.3 Å². The predicted octanol–water partition coefficient (Wildman–Crippen LogP) is 0.712. The summed E-state index contributed by atoms with van der Waals surface area (Å²) in [5, 5.41) is 0. The summed E-state index contributed by atoms with van der Waals surface area (Å²) >= 11 is 0. The molecule has 4 N–H and O–H groups in total. The zero-order valence-electron chi connectivity index (χ0n) is 7.32. The van der Waals surface area contributed by atoms with E-state index in [0.717, 1.165) is 11.8 Å². The highest BCUT2D eigenvalue weighted by molar-refractivity contribution is 5.82. The molecule has 1 rings (SSSR count). The summed E-state index contributed by atoms with van der Waals surface area (Å²) in [5.41, 5.74) is 12.6. The molecular formula is C9H11N3O. The minimum absolute atomic E-state index is 0.00820. The zero-order valence-corrected chi connectivity index (χ0v) is 7.32. The van der Waals surface area contributed by atoms with Gasteiger partial charge in [-0.2, -0.15) is 0 Å². The van der Waals surface area contributed by atoms with Gasteiger partial charge in [0.05, 0.1) is 5.69 Å². The number of aliphatic imine (C=N–C) groups is 1. The molecule has 0 bridgehead atoms. The molecule has 1 aromatic carbocycles. The van der Waals surface area contributed by atoms with Crippen molar-refractivity contribution in [1.29, 1.82) is 0 Å². The third kappa shape index (κ3) is 2.30. The molecule has 0 radical (unpaired) electrons. The summed E-state index contributed by atoms with van der Waals surface area (Å²) < 4.78 is 0. The van der Waals surface area contributed by atoms with E-state index in [1.165, 1.54) is 0 Å². The fourth-order valence-electron chi connectivity index (χ4n) is 0.959. The highest BCUT2D eigenvalue weighted by Crippen LogP contribution is 2.18. The maximum absolute atomic E-state index is 10.4. The van der Waals surface area contributed by atoms with Crippen molar-refractivity contribution in [3.05, 3.63) is 29.3 Å². The first-order valence-corrected chi connectivity index (χ1v) is 3.79. The van der Waals surface area contributed by atoms with Crippen LogP contribution in [0.2, 0.25) is 0 Å². The molecule has 0 heterocycles. The fourth-order valence-corrected chi connectivity index (χ4v) is 0.959. The normalized spacial score (nSPS) is 9.31. The van der Waals surface area contributed by atoms with Crippen molar-refractivity contribution in [2.24, 2.45) is 16.5 Å². The van der Waals surface area contributed by atoms with Gasteiger partial charge in [-0.25, -0.2) is 4.99 Å². The third-order valence-corrected chi connectivity index (χ3v) is 1.62. The zero-order chi connectivity index (χ0) is 9.84. The average molecular weight is 177 g/mol.